The van der Waals surface area contributed by atoms with E-state index in [2.05, 4.69) is 5.10 Å². The van der Waals surface area contributed by atoms with Gasteiger partial charge in [-0.3, -0.25) is 9.59 Å². The minimum absolute atomic E-state index is 0.303. The van der Waals surface area contributed by atoms with E-state index in [-0.39, 0.29) is 11.7 Å². The number of rotatable bonds is 3. The molecule has 0 aromatic heterocycles. The average molecular weight is 324 g/mol. The van der Waals surface area contributed by atoms with E-state index in [1.165, 1.54) is 29.3 Å². The van der Waals surface area contributed by atoms with E-state index in [9.17, 15) is 14.0 Å². The number of ether oxygens (including phenoxy) is 1. The van der Waals surface area contributed by atoms with Gasteiger partial charge in [0.1, 0.15) is 5.82 Å². The van der Waals surface area contributed by atoms with Gasteiger partial charge in [-0.1, -0.05) is 18.2 Å². The number of anilines is 1. The molecule has 0 aliphatic carbocycles. The molecule has 2 aliphatic rings. The van der Waals surface area contributed by atoms with Crippen LogP contribution in [0.25, 0.3) is 0 Å². The number of Topliss-reactive ketones (excluding diaryl/α,β-unsaturated/α-hetero) is 1. The summed E-state index contributed by atoms with van der Waals surface area (Å²) in [6, 6.07) is 14.1. The van der Waals surface area contributed by atoms with Gasteiger partial charge < -0.3 is 4.74 Å². The van der Waals surface area contributed by atoms with E-state index in [1.807, 2.05) is 6.07 Å². The van der Waals surface area contributed by atoms with Crippen molar-refractivity contribution in [3.05, 3.63) is 66.0 Å². The largest absolute Gasteiger partial charge is 0.341 e. The number of hydrogen-bond donors (Lipinski definition) is 0. The molecule has 5 nitrogen and oxygen atoms in total. The van der Waals surface area contributed by atoms with Crippen molar-refractivity contribution in [1.82, 2.24) is 0 Å². The van der Waals surface area contributed by atoms with E-state index in [4.69, 9.17) is 4.74 Å². The van der Waals surface area contributed by atoms with E-state index in [0.717, 1.165) is 0 Å². The Labute approximate surface area is 137 Å². The van der Waals surface area contributed by atoms with Crippen molar-refractivity contribution >= 4 is 23.1 Å². The summed E-state index contributed by atoms with van der Waals surface area (Å²) in [6.07, 6.45) is -0.923. The number of halogens is 1. The van der Waals surface area contributed by atoms with Crippen molar-refractivity contribution in [2.75, 3.05) is 5.01 Å². The number of nitrogens with zero attached hydrogens (tertiary/aromatic N) is 2. The van der Waals surface area contributed by atoms with Gasteiger partial charge in [0, 0.05) is 5.56 Å². The Morgan fingerprint density at radius 3 is 2.50 bits per heavy atom. The molecule has 2 atom stereocenters. The summed E-state index contributed by atoms with van der Waals surface area (Å²) in [5.41, 5.74) is 0.0254. The number of para-hydroxylation sites is 1. The van der Waals surface area contributed by atoms with Gasteiger partial charge in [-0.05, 0) is 43.3 Å². The summed E-state index contributed by atoms with van der Waals surface area (Å²) in [7, 11) is 0. The van der Waals surface area contributed by atoms with Crippen LogP contribution in [0.3, 0.4) is 0 Å². The Bertz CT molecular complexity index is 864. The number of carbonyl (C=O) groups is 2. The summed E-state index contributed by atoms with van der Waals surface area (Å²) in [6.45, 7) is 1.67. The molecule has 1 amide bonds. The molecular formula is C18H13FN2O3. The summed E-state index contributed by atoms with van der Waals surface area (Å²) < 4.78 is 18.5. The standard InChI is InChI=1S/C18H13FN2O3/c1-11-18(17(23)21(20-11)14-5-3-2-4-6-14)16(24-18)15(22)12-7-9-13(19)10-8-12/h2-10,16H,1H3. The minimum atomic E-state index is -1.33. The van der Waals surface area contributed by atoms with Crippen molar-refractivity contribution in [3.8, 4) is 0 Å². The highest BCUT2D eigenvalue weighted by atomic mass is 19.1. The van der Waals surface area contributed by atoms with Crippen molar-refractivity contribution in [1.29, 1.82) is 0 Å². The second kappa shape index (κ2) is 5.07. The minimum Gasteiger partial charge on any atom is -0.341 e. The Morgan fingerprint density at radius 1 is 1.17 bits per heavy atom. The lowest BCUT2D eigenvalue weighted by atomic mass is 9.94. The van der Waals surface area contributed by atoms with Gasteiger partial charge in [0.05, 0.1) is 11.4 Å². The van der Waals surface area contributed by atoms with Gasteiger partial charge in [-0.2, -0.15) is 10.1 Å². The Kier molecular flexibility index (Phi) is 3.11. The first-order chi connectivity index (χ1) is 11.5. The molecule has 4 rings (SSSR count). The summed E-state index contributed by atoms with van der Waals surface area (Å²) in [4.78, 5) is 25.3. The molecule has 2 aliphatic heterocycles. The van der Waals surface area contributed by atoms with Crippen LogP contribution in [0.1, 0.15) is 17.3 Å². The van der Waals surface area contributed by atoms with Crippen LogP contribution in [0.4, 0.5) is 10.1 Å². The predicted molar refractivity (Wildman–Crippen MR) is 85.4 cm³/mol. The lowest BCUT2D eigenvalue weighted by Crippen LogP contribution is -2.38. The molecule has 24 heavy (non-hydrogen) atoms. The van der Waals surface area contributed by atoms with Crippen LogP contribution in [0.2, 0.25) is 0 Å². The second-order valence-corrected chi connectivity index (χ2v) is 5.74. The predicted octanol–water partition coefficient (Wildman–Crippen LogP) is 2.57. The fourth-order valence-corrected chi connectivity index (χ4v) is 2.92. The molecule has 1 fully saturated rings. The van der Waals surface area contributed by atoms with Crippen LogP contribution in [0.5, 0.6) is 0 Å². The van der Waals surface area contributed by atoms with E-state index >= 15 is 0 Å². The number of epoxide rings is 1. The second-order valence-electron chi connectivity index (χ2n) is 5.74. The molecule has 120 valence electrons. The molecule has 0 bridgehead atoms. The van der Waals surface area contributed by atoms with Crippen molar-refractivity contribution in [2.24, 2.45) is 5.10 Å². The highest BCUT2D eigenvalue weighted by Gasteiger charge is 2.72. The number of carbonyl (C=O) groups excluding carboxylic acids is 2. The van der Waals surface area contributed by atoms with Gasteiger partial charge in [0.2, 0.25) is 5.60 Å². The molecular weight excluding hydrogens is 311 g/mol. The summed E-state index contributed by atoms with van der Waals surface area (Å²) in [5, 5.41) is 5.52. The third-order valence-corrected chi connectivity index (χ3v) is 4.28. The smallest absolute Gasteiger partial charge is 0.288 e. The van der Waals surface area contributed by atoms with Crippen molar-refractivity contribution in [3.63, 3.8) is 0 Å². The van der Waals surface area contributed by atoms with E-state index in [1.54, 1.807) is 31.2 Å². The Hall–Kier alpha value is -2.86. The first-order valence-corrected chi connectivity index (χ1v) is 7.47. The molecule has 2 heterocycles. The molecule has 0 saturated carbocycles. The summed E-state index contributed by atoms with van der Waals surface area (Å²) >= 11 is 0. The zero-order chi connectivity index (χ0) is 16.9. The molecule has 2 unspecified atom stereocenters. The molecule has 2 aromatic carbocycles. The van der Waals surface area contributed by atoms with E-state index < -0.39 is 17.5 Å². The molecule has 1 saturated heterocycles. The first-order valence-electron chi connectivity index (χ1n) is 7.47. The SMILES string of the molecule is CC1=NN(c2ccccc2)C(=O)C12OC2C(=O)c1ccc(F)cc1. The maximum Gasteiger partial charge on any atom is 0.288 e. The first kappa shape index (κ1) is 14.7. The maximum absolute atomic E-state index is 13.0. The molecule has 0 N–H and O–H groups in total. The maximum atomic E-state index is 13.0. The van der Waals surface area contributed by atoms with Crippen LogP contribution >= 0.6 is 0 Å². The van der Waals surface area contributed by atoms with Crippen LogP contribution < -0.4 is 5.01 Å². The van der Waals surface area contributed by atoms with Crippen LogP contribution in [-0.2, 0) is 9.53 Å². The molecule has 6 heteroatoms. The number of ketones is 1. The van der Waals surface area contributed by atoms with Gasteiger partial charge in [-0.15, -0.1) is 0 Å². The van der Waals surface area contributed by atoms with Crippen LogP contribution in [0, 0.1) is 5.82 Å². The average Bonchev–Trinajstić information content (AvgIpc) is 3.31. The molecule has 1 spiro atoms. The highest BCUT2D eigenvalue weighted by Crippen LogP contribution is 2.46. The zero-order valence-electron chi connectivity index (χ0n) is 12.8. The van der Waals surface area contributed by atoms with E-state index in [0.29, 0.717) is 17.0 Å². The van der Waals surface area contributed by atoms with Crippen LogP contribution in [-0.4, -0.2) is 29.1 Å². The fourth-order valence-electron chi connectivity index (χ4n) is 2.92. The molecule has 2 aromatic rings. The number of hydrazone groups is 1. The van der Waals surface area contributed by atoms with Gasteiger partial charge in [0.25, 0.3) is 5.91 Å². The number of hydrogen-bond acceptors (Lipinski definition) is 4. The topological polar surface area (TPSA) is 62.3 Å². The number of benzene rings is 2. The third-order valence-electron chi connectivity index (χ3n) is 4.28. The monoisotopic (exact) mass is 324 g/mol. The van der Waals surface area contributed by atoms with Crippen molar-refractivity contribution in [2.45, 2.75) is 18.6 Å². The van der Waals surface area contributed by atoms with Crippen molar-refractivity contribution < 1.29 is 18.7 Å². The number of amides is 1. The quantitative estimate of drug-likeness (QED) is 0.644. The van der Waals surface area contributed by atoms with Gasteiger partial charge >= 0.3 is 0 Å². The Balaban J connectivity index is 1.62. The van der Waals surface area contributed by atoms with Gasteiger partial charge in [0.15, 0.2) is 11.9 Å². The summed E-state index contributed by atoms with van der Waals surface area (Å²) in [5.74, 6) is -1.16. The third kappa shape index (κ3) is 2.00. The van der Waals surface area contributed by atoms with Gasteiger partial charge in [-0.25, -0.2) is 4.39 Å². The highest BCUT2D eigenvalue weighted by molar-refractivity contribution is 6.28. The Morgan fingerprint density at radius 2 is 1.83 bits per heavy atom. The lowest BCUT2D eigenvalue weighted by Gasteiger charge is -2.12. The zero-order valence-corrected chi connectivity index (χ0v) is 12.8. The fraction of sp³-hybridized carbons (Fsp3) is 0.167. The lowest BCUT2D eigenvalue weighted by molar-refractivity contribution is -0.120. The molecule has 0 radical (unpaired) electrons. The normalized spacial score (nSPS) is 25.1. The van der Waals surface area contributed by atoms with Crippen LogP contribution in [0.15, 0.2) is 59.7 Å².